The van der Waals surface area contributed by atoms with E-state index in [0.717, 1.165) is 0 Å². The predicted molar refractivity (Wildman–Crippen MR) is 37.4 cm³/mol. The van der Waals surface area contributed by atoms with Gasteiger partial charge in [0, 0.05) is 22.2 Å². The third-order valence-electron chi connectivity index (χ3n) is 1.23. The molecule has 1 aromatic rings. The number of carbonyl (C=O) groups is 1. The molecular formula is C7H6NO3+. The maximum absolute atomic E-state index is 10.3. The van der Waals surface area contributed by atoms with Crippen molar-refractivity contribution in [1.29, 1.82) is 0 Å². The van der Waals surface area contributed by atoms with E-state index in [1.54, 1.807) is 5.18 Å². The number of carboxylic acids is 1. The molecule has 0 aliphatic carbocycles. The molecule has 2 N–H and O–H groups in total. The Morgan fingerprint density at radius 1 is 1.45 bits per heavy atom. The zero-order chi connectivity index (χ0) is 8.27. The Bertz CT molecular complexity index is 295. The highest BCUT2D eigenvalue weighted by Gasteiger charge is 2.05. The average molecular weight is 152 g/mol. The van der Waals surface area contributed by atoms with E-state index in [4.69, 9.17) is 5.11 Å². The van der Waals surface area contributed by atoms with E-state index in [1.165, 1.54) is 24.3 Å². The van der Waals surface area contributed by atoms with Crippen LogP contribution >= 0.6 is 0 Å². The summed E-state index contributed by atoms with van der Waals surface area (Å²) < 4.78 is 0. The van der Waals surface area contributed by atoms with Gasteiger partial charge in [0.2, 0.25) is 0 Å². The molecule has 1 rings (SSSR count). The second kappa shape index (κ2) is 2.92. The number of hydrogen-bond acceptors (Lipinski definition) is 2. The van der Waals surface area contributed by atoms with Gasteiger partial charge in [0.05, 0.1) is 5.56 Å². The molecule has 11 heavy (non-hydrogen) atoms. The van der Waals surface area contributed by atoms with Gasteiger partial charge in [-0.3, -0.25) is 0 Å². The standard InChI is InChI=1S/C7H5NO3/c9-7(10)5-2-1-3-6(4-5)8-11/h1-4H,(H,9,10)/p+1. The van der Waals surface area contributed by atoms with Crippen molar-refractivity contribution in [3.05, 3.63) is 34.7 Å². The SMILES string of the molecule is O=[NH+]c1cccc(C(=O)O)c1. The van der Waals surface area contributed by atoms with Crippen LogP contribution in [0, 0.1) is 4.91 Å². The van der Waals surface area contributed by atoms with Crippen molar-refractivity contribution in [1.82, 2.24) is 0 Å². The Kier molecular flexibility index (Phi) is 1.96. The highest BCUT2D eigenvalue weighted by atomic mass is 16.4. The number of rotatable bonds is 2. The van der Waals surface area contributed by atoms with Crippen LogP contribution in [0.25, 0.3) is 0 Å². The summed E-state index contributed by atoms with van der Waals surface area (Å²) in [6.07, 6.45) is 0. The van der Waals surface area contributed by atoms with Gasteiger partial charge in [-0.05, 0) is 6.07 Å². The van der Waals surface area contributed by atoms with E-state index < -0.39 is 5.97 Å². The summed E-state index contributed by atoms with van der Waals surface area (Å²) in [6.45, 7) is 0. The first-order valence-electron chi connectivity index (χ1n) is 2.95. The van der Waals surface area contributed by atoms with Crippen molar-refractivity contribution < 1.29 is 15.1 Å². The molecule has 0 unspecified atom stereocenters. The average Bonchev–Trinajstić information content (AvgIpc) is 2.05. The van der Waals surface area contributed by atoms with Crippen LogP contribution in [0.1, 0.15) is 10.4 Å². The number of nitrogens with one attached hydrogen (secondary N) is 1. The molecule has 0 aliphatic rings. The first kappa shape index (κ1) is 7.40. The van der Waals surface area contributed by atoms with Crippen LogP contribution in [-0.2, 0) is 0 Å². The fourth-order valence-corrected chi connectivity index (χ4v) is 0.716. The Hall–Kier alpha value is -1.71. The van der Waals surface area contributed by atoms with Crippen LogP contribution in [0.15, 0.2) is 24.3 Å². The zero-order valence-corrected chi connectivity index (χ0v) is 5.57. The molecule has 56 valence electrons. The molecule has 0 saturated heterocycles. The molecule has 4 nitrogen and oxygen atoms in total. The lowest BCUT2D eigenvalue weighted by Gasteiger charge is -1.88. The van der Waals surface area contributed by atoms with Crippen LogP contribution in [0.2, 0.25) is 0 Å². The van der Waals surface area contributed by atoms with Gasteiger partial charge in [-0.1, -0.05) is 6.07 Å². The van der Waals surface area contributed by atoms with E-state index in [9.17, 15) is 9.70 Å². The first-order valence-corrected chi connectivity index (χ1v) is 2.95. The molecule has 0 aliphatic heterocycles. The normalized spacial score (nSPS) is 9.09. The topological polar surface area (TPSA) is 68.3 Å². The number of carboxylic acid groups (broad SMARTS) is 1. The summed E-state index contributed by atoms with van der Waals surface area (Å²) in [6, 6.07) is 5.70. The van der Waals surface area contributed by atoms with Crippen LogP contribution in [0.4, 0.5) is 5.69 Å². The van der Waals surface area contributed by atoms with E-state index in [-0.39, 0.29) is 11.3 Å². The number of nitroso groups, excluding NO2 is 1. The smallest absolute Gasteiger partial charge is 0.335 e. The number of aromatic carboxylic acids is 1. The first-order chi connectivity index (χ1) is 5.24. The van der Waals surface area contributed by atoms with Crippen LogP contribution in [0.3, 0.4) is 0 Å². The number of hydrogen-bond donors (Lipinski definition) is 2. The Balaban J connectivity index is 3.10. The quantitative estimate of drug-likeness (QED) is 0.619. The summed E-state index contributed by atoms with van der Waals surface area (Å²) >= 11 is 0. The summed E-state index contributed by atoms with van der Waals surface area (Å²) in [7, 11) is 0. The molecule has 0 spiro atoms. The van der Waals surface area contributed by atoms with Gasteiger partial charge < -0.3 is 5.11 Å². The highest BCUT2D eigenvalue weighted by molar-refractivity contribution is 5.88. The van der Waals surface area contributed by atoms with Crippen molar-refractivity contribution in [2.24, 2.45) is 0 Å². The minimum absolute atomic E-state index is 0.103. The van der Waals surface area contributed by atoms with Crippen molar-refractivity contribution in [3.8, 4) is 0 Å². The van der Waals surface area contributed by atoms with E-state index in [1.807, 2.05) is 0 Å². The fraction of sp³-hybridized carbons (Fsp3) is 0. The molecule has 0 saturated carbocycles. The van der Waals surface area contributed by atoms with Crippen molar-refractivity contribution in [2.45, 2.75) is 0 Å². The summed E-state index contributed by atoms with van der Waals surface area (Å²) in [4.78, 5) is 20.4. The molecule has 0 atom stereocenters. The lowest BCUT2D eigenvalue weighted by atomic mass is 10.2. The molecule has 0 radical (unpaired) electrons. The lowest BCUT2D eigenvalue weighted by Crippen LogP contribution is -2.55. The molecule has 1 aromatic carbocycles. The summed E-state index contributed by atoms with van der Waals surface area (Å²) in [5.74, 6) is -1.04. The highest BCUT2D eigenvalue weighted by Crippen LogP contribution is 2.04. The van der Waals surface area contributed by atoms with Gasteiger partial charge in [0.25, 0.3) is 5.69 Å². The van der Waals surface area contributed by atoms with Crippen LogP contribution in [-0.4, -0.2) is 11.1 Å². The predicted octanol–water partition coefficient (Wildman–Crippen LogP) is -0.137. The van der Waals surface area contributed by atoms with E-state index >= 15 is 0 Å². The van der Waals surface area contributed by atoms with Gasteiger partial charge in [-0.25, -0.2) is 4.79 Å². The second-order valence-corrected chi connectivity index (χ2v) is 1.99. The fourth-order valence-electron chi connectivity index (χ4n) is 0.716. The van der Waals surface area contributed by atoms with Crippen LogP contribution in [0.5, 0.6) is 0 Å². The van der Waals surface area contributed by atoms with Gasteiger partial charge in [0.15, 0.2) is 0 Å². The Morgan fingerprint density at radius 3 is 2.73 bits per heavy atom. The summed E-state index contributed by atoms with van der Waals surface area (Å²) in [5.41, 5.74) is 0.357. The molecule has 0 bridgehead atoms. The Labute approximate surface area is 62.4 Å². The monoisotopic (exact) mass is 152 g/mol. The largest absolute Gasteiger partial charge is 0.478 e. The third-order valence-corrected chi connectivity index (χ3v) is 1.23. The molecule has 0 heterocycles. The van der Waals surface area contributed by atoms with E-state index in [2.05, 4.69) is 0 Å². The van der Waals surface area contributed by atoms with Gasteiger partial charge in [0.1, 0.15) is 0 Å². The molecule has 0 amide bonds. The zero-order valence-electron chi connectivity index (χ0n) is 5.57. The van der Waals surface area contributed by atoms with Crippen molar-refractivity contribution in [2.75, 3.05) is 0 Å². The van der Waals surface area contributed by atoms with Crippen LogP contribution < -0.4 is 5.18 Å². The van der Waals surface area contributed by atoms with Crippen molar-refractivity contribution in [3.63, 3.8) is 0 Å². The number of benzene rings is 1. The molecule has 0 fully saturated rings. The minimum Gasteiger partial charge on any atom is -0.478 e. The second-order valence-electron chi connectivity index (χ2n) is 1.99. The van der Waals surface area contributed by atoms with Gasteiger partial charge >= 0.3 is 5.97 Å². The molecule has 0 aromatic heterocycles. The van der Waals surface area contributed by atoms with Crippen molar-refractivity contribution >= 4 is 11.7 Å². The molecule has 4 heteroatoms. The third kappa shape index (κ3) is 1.61. The van der Waals surface area contributed by atoms with E-state index in [0.29, 0.717) is 0 Å². The van der Waals surface area contributed by atoms with Gasteiger partial charge in [-0.15, -0.1) is 0 Å². The molecular weight excluding hydrogens is 146 g/mol. The Morgan fingerprint density at radius 2 is 2.18 bits per heavy atom. The lowest BCUT2D eigenvalue weighted by molar-refractivity contribution is -0.379. The maximum atomic E-state index is 10.3. The maximum Gasteiger partial charge on any atom is 0.335 e. The summed E-state index contributed by atoms with van der Waals surface area (Å²) in [5, 5.41) is 10.1. The minimum atomic E-state index is -1.04. The van der Waals surface area contributed by atoms with Gasteiger partial charge in [-0.2, -0.15) is 0 Å².